The van der Waals surface area contributed by atoms with Gasteiger partial charge >= 0.3 is 0 Å². The summed E-state index contributed by atoms with van der Waals surface area (Å²) in [5, 5.41) is 0.480. The molecule has 2 aromatic carbocycles. The van der Waals surface area contributed by atoms with Crippen LogP contribution >= 0.6 is 39.1 Å². The van der Waals surface area contributed by atoms with Crippen LogP contribution in [0.2, 0.25) is 10.0 Å². The van der Waals surface area contributed by atoms with Gasteiger partial charge in [0.2, 0.25) is 0 Å². The molecule has 0 amide bonds. The minimum Gasteiger partial charge on any atom is -0.289 e. The third-order valence-corrected chi connectivity index (χ3v) is 4.86. The van der Waals surface area contributed by atoms with Gasteiger partial charge in [-0.25, -0.2) is 0 Å². The molecule has 0 fully saturated rings. The molecule has 1 aliphatic carbocycles. The monoisotopic (exact) mass is 354 g/mol. The molecule has 0 N–H and O–H groups in total. The van der Waals surface area contributed by atoms with Crippen molar-refractivity contribution < 1.29 is 9.59 Å². The summed E-state index contributed by atoms with van der Waals surface area (Å²) in [7, 11) is 0. The van der Waals surface area contributed by atoms with Crippen molar-refractivity contribution in [3.05, 3.63) is 67.1 Å². The molecular weight excluding hydrogens is 351 g/mol. The highest BCUT2D eigenvalue weighted by molar-refractivity contribution is 9.10. The van der Waals surface area contributed by atoms with Gasteiger partial charge in [0, 0.05) is 26.7 Å². The van der Waals surface area contributed by atoms with Gasteiger partial charge in [0.25, 0.3) is 0 Å². The molecule has 0 heterocycles. The molecule has 2 aromatic rings. The molecular formula is C14H5BrCl2O2. The van der Waals surface area contributed by atoms with Gasteiger partial charge in [-0.15, -0.1) is 0 Å². The van der Waals surface area contributed by atoms with E-state index in [-0.39, 0.29) is 32.7 Å². The van der Waals surface area contributed by atoms with Crippen LogP contribution in [0, 0.1) is 0 Å². The van der Waals surface area contributed by atoms with Crippen molar-refractivity contribution in [1.82, 2.24) is 0 Å². The first kappa shape index (κ1) is 12.9. The average molecular weight is 356 g/mol. The molecule has 0 atom stereocenters. The van der Waals surface area contributed by atoms with Crippen molar-refractivity contribution in [2.45, 2.75) is 0 Å². The first-order valence-electron chi connectivity index (χ1n) is 5.38. The Labute approximate surface area is 127 Å². The molecule has 3 rings (SSSR count). The highest BCUT2D eigenvalue weighted by Gasteiger charge is 2.32. The molecule has 0 aromatic heterocycles. The Kier molecular flexibility index (Phi) is 3.01. The molecule has 0 saturated heterocycles. The number of halogens is 3. The number of hydrogen-bond donors (Lipinski definition) is 0. The lowest BCUT2D eigenvalue weighted by Crippen LogP contribution is -2.21. The minimum atomic E-state index is -0.226. The van der Waals surface area contributed by atoms with E-state index in [0.717, 1.165) is 0 Å². The standard InChI is InChI=1S/C14H5BrCl2O2/c15-11-10-8(5-9(16)12(11)17)13(18)6-3-1-2-4-7(6)14(10)19/h1-5H. The Morgan fingerprint density at radius 2 is 1.47 bits per heavy atom. The third-order valence-electron chi connectivity index (χ3n) is 3.05. The average Bonchev–Trinajstić information content (AvgIpc) is 2.42. The first-order chi connectivity index (χ1) is 9.02. The van der Waals surface area contributed by atoms with E-state index < -0.39 is 0 Å². The maximum absolute atomic E-state index is 12.5. The molecule has 0 unspecified atom stereocenters. The van der Waals surface area contributed by atoms with Gasteiger partial charge in [-0.2, -0.15) is 0 Å². The summed E-state index contributed by atoms with van der Waals surface area (Å²) in [5.41, 5.74) is 1.34. The van der Waals surface area contributed by atoms with Gasteiger partial charge < -0.3 is 0 Å². The molecule has 0 aliphatic heterocycles. The maximum Gasteiger partial charge on any atom is 0.195 e. The number of carbonyl (C=O) groups is 2. The van der Waals surface area contributed by atoms with E-state index in [9.17, 15) is 9.59 Å². The quantitative estimate of drug-likeness (QED) is 0.555. The number of fused-ring (bicyclic) bond motifs is 2. The van der Waals surface area contributed by atoms with E-state index in [0.29, 0.717) is 15.6 Å². The van der Waals surface area contributed by atoms with E-state index in [1.54, 1.807) is 24.3 Å². The summed E-state index contributed by atoms with van der Waals surface area (Å²) in [4.78, 5) is 24.8. The van der Waals surface area contributed by atoms with Crippen molar-refractivity contribution in [3.8, 4) is 0 Å². The van der Waals surface area contributed by atoms with E-state index in [1.165, 1.54) is 6.07 Å². The van der Waals surface area contributed by atoms with Crippen molar-refractivity contribution in [2.24, 2.45) is 0 Å². The number of ketones is 2. The lowest BCUT2D eigenvalue weighted by molar-refractivity contribution is 0.0978. The summed E-state index contributed by atoms with van der Waals surface area (Å²) < 4.78 is 0.365. The number of rotatable bonds is 0. The van der Waals surface area contributed by atoms with Crippen LogP contribution in [0.15, 0.2) is 34.8 Å². The fraction of sp³-hybridized carbons (Fsp3) is 0. The molecule has 0 bridgehead atoms. The highest BCUT2D eigenvalue weighted by Crippen LogP contribution is 2.39. The van der Waals surface area contributed by atoms with Crippen LogP contribution in [-0.4, -0.2) is 11.6 Å². The maximum atomic E-state index is 12.5. The van der Waals surface area contributed by atoms with Crippen LogP contribution in [0.4, 0.5) is 0 Å². The molecule has 0 radical (unpaired) electrons. The summed E-state index contributed by atoms with van der Waals surface area (Å²) in [6.45, 7) is 0. The molecule has 1 aliphatic rings. The predicted octanol–water partition coefficient (Wildman–Crippen LogP) is 4.53. The van der Waals surface area contributed by atoms with Crippen molar-refractivity contribution >= 4 is 50.7 Å². The Morgan fingerprint density at radius 1 is 0.895 bits per heavy atom. The van der Waals surface area contributed by atoms with Gasteiger partial charge in [0.15, 0.2) is 11.6 Å². The van der Waals surface area contributed by atoms with Crippen LogP contribution in [-0.2, 0) is 0 Å². The Balaban J connectivity index is 2.40. The summed E-state index contributed by atoms with van der Waals surface area (Å²) in [6.07, 6.45) is 0. The van der Waals surface area contributed by atoms with Gasteiger partial charge in [-0.1, -0.05) is 47.5 Å². The smallest absolute Gasteiger partial charge is 0.195 e. The molecule has 19 heavy (non-hydrogen) atoms. The lowest BCUT2D eigenvalue weighted by atomic mass is 9.84. The van der Waals surface area contributed by atoms with Crippen LogP contribution in [0.5, 0.6) is 0 Å². The molecule has 2 nitrogen and oxygen atoms in total. The third kappa shape index (κ3) is 1.76. The highest BCUT2D eigenvalue weighted by atomic mass is 79.9. The fourth-order valence-corrected chi connectivity index (χ4v) is 3.23. The number of hydrogen-bond acceptors (Lipinski definition) is 2. The zero-order valence-corrected chi connectivity index (χ0v) is 12.4. The second-order valence-corrected chi connectivity index (χ2v) is 5.69. The van der Waals surface area contributed by atoms with E-state index in [2.05, 4.69) is 15.9 Å². The van der Waals surface area contributed by atoms with Crippen LogP contribution in [0.3, 0.4) is 0 Å². The Bertz CT molecular complexity index is 753. The number of benzene rings is 2. The fourth-order valence-electron chi connectivity index (χ4n) is 2.16. The second kappa shape index (κ2) is 4.44. The summed E-state index contributed by atoms with van der Waals surface area (Å²) in [6, 6.07) is 8.16. The topological polar surface area (TPSA) is 34.1 Å². The van der Waals surface area contributed by atoms with Crippen molar-refractivity contribution in [2.75, 3.05) is 0 Å². The van der Waals surface area contributed by atoms with Crippen molar-refractivity contribution in [3.63, 3.8) is 0 Å². The predicted molar refractivity (Wildman–Crippen MR) is 77.5 cm³/mol. The largest absolute Gasteiger partial charge is 0.289 e. The normalized spacial score (nSPS) is 13.2. The second-order valence-electron chi connectivity index (χ2n) is 4.11. The SMILES string of the molecule is O=C1c2ccccc2C(=O)c2c1cc(Cl)c(Cl)c2Br. The Hall–Kier alpha value is -1.16. The zero-order chi connectivity index (χ0) is 13.7. The summed E-state index contributed by atoms with van der Waals surface area (Å²) in [5.74, 6) is -0.444. The van der Waals surface area contributed by atoms with Gasteiger partial charge in [0.05, 0.1) is 10.0 Å². The van der Waals surface area contributed by atoms with E-state index >= 15 is 0 Å². The zero-order valence-electron chi connectivity index (χ0n) is 9.34. The van der Waals surface area contributed by atoms with Crippen LogP contribution in [0.1, 0.15) is 31.8 Å². The molecule has 0 spiro atoms. The molecule has 5 heteroatoms. The minimum absolute atomic E-state index is 0.218. The summed E-state index contributed by atoms with van der Waals surface area (Å²) >= 11 is 15.2. The van der Waals surface area contributed by atoms with Crippen LogP contribution in [0.25, 0.3) is 0 Å². The van der Waals surface area contributed by atoms with Gasteiger partial charge in [0.1, 0.15) is 0 Å². The van der Waals surface area contributed by atoms with Gasteiger partial charge in [-0.3, -0.25) is 9.59 Å². The first-order valence-corrected chi connectivity index (χ1v) is 6.93. The molecule has 94 valence electrons. The van der Waals surface area contributed by atoms with Gasteiger partial charge in [-0.05, 0) is 22.0 Å². The molecule has 0 saturated carbocycles. The number of carbonyl (C=O) groups excluding carboxylic acids is 2. The van der Waals surface area contributed by atoms with E-state index in [4.69, 9.17) is 23.2 Å². The van der Waals surface area contributed by atoms with Crippen molar-refractivity contribution in [1.29, 1.82) is 0 Å². The Morgan fingerprint density at radius 3 is 2.11 bits per heavy atom. The van der Waals surface area contributed by atoms with Crippen LogP contribution < -0.4 is 0 Å². The lowest BCUT2D eigenvalue weighted by Gasteiger charge is -2.19. The van der Waals surface area contributed by atoms with E-state index in [1.807, 2.05) is 0 Å².